The summed E-state index contributed by atoms with van der Waals surface area (Å²) in [6, 6.07) is 0. The first-order valence-electron chi connectivity index (χ1n) is 2.75. The van der Waals surface area contributed by atoms with Crippen LogP contribution in [0, 0.1) is 0 Å². The molecule has 0 aromatic rings. The Labute approximate surface area is 77.4 Å². The molecule has 0 saturated carbocycles. The molecule has 0 aliphatic carbocycles. The van der Waals surface area contributed by atoms with E-state index in [1.54, 1.807) is 14.0 Å². The van der Waals surface area contributed by atoms with Gasteiger partial charge in [0.2, 0.25) is 0 Å². The van der Waals surface area contributed by atoms with E-state index in [4.69, 9.17) is 0 Å². The van der Waals surface area contributed by atoms with E-state index in [1.807, 2.05) is 0 Å². The molecule has 0 atom stereocenters. The molecule has 0 aliphatic rings. The van der Waals surface area contributed by atoms with Gasteiger partial charge in [0.15, 0.2) is 9.02 Å². The molecule has 0 N–H and O–H groups in total. The van der Waals surface area contributed by atoms with E-state index in [0.29, 0.717) is 0 Å². The average molecular weight is 271 g/mol. The van der Waals surface area contributed by atoms with E-state index in [0.717, 1.165) is 5.71 Å². The monoisotopic (exact) mass is 269 g/mol. The van der Waals surface area contributed by atoms with E-state index < -0.39 is 3.23 Å². The van der Waals surface area contributed by atoms with Gasteiger partial charge in [0.25, 0.3) is 0 Å². The molecule has 0 bridgehead atoms. The fourth-order valence-corrected chi connectivity index (χ4v) is 0.750. The summed E-state index contributed by atoms with van der Waals surface area (Å²) in [5.41, 5.74) is 0.722. The standard InChI is InChI=1S/C6H9Br2NO/c1-4(9-3)6(7,8)5(2)10/h1-3H3. The number of carbonyl (C=O) groups is 1. The summed E-state index contributed by atoms with van der Waals surface area (Å²) < 4.78 is -0.755. The average Bonchev–Trinajstić information content (AvgIpc) is 1.86. The fourth-order valence-electron chi connectivity index (χ4n) is 0.395. The third-order valence-corrected chi connectivity index (χ3v) is 3.50. The molecule has 0 aromatic carbocycles. The molecule has 4 heteroatoms. The van der Waals surface area contributed by atoms with Gasteiger partial charge in [-0.3, -0.25) is 9.79 Å². The van der Waals surface area contributed by atoms with Crippen molar-refractivity contribution in [3.05, 3.63) is 0 Å². The van der Waals surface area contributed by atoms with Crippen LogP contribution >= 0.6 is 31.9 Å². The Kier molecular flexibility index (Phi) is 3.73. The molecule has 0 heterocycles. The quantitative estimate of drug-likeness (QED) is 0.559. The number of alkyl halides is 2. The number of hydrogen-bond acceptors (Lipinski definition) is 2. The molecule has 58 valence electrons. The minimum Gasteiger partial charge on any atom is -0.297 e. The summed E-state index contributed by atoms with van der Waals surface area (Å²) in [5, 5.41) is 0. The van der Waals surface area contributed by atoms with Crippen molar-refractivity contribution < 1.29 is 4.79 Å². The van der Waals surface area contributed by atoms with Crippen LogP contribution in [-0.2, 0) is 4.79 Å². The second kappa shape index (κ2) is 3.62. The van der Waals surface area contributed by atoms with E-state index in [9.17, 15) is 4.79 Å². The van der Waals surface area contributed by atoms with Gasteiger partial charge in [-0.25, -0.2) is 0 Å². The third kappa shape index (κ3) is 2.16. The minimum atomic E-state index is -0.755. The van der Waals surface area contributed by atoms with Crippen molar-refractivity contribution in [2.24, 2.45) is 4.99 Å². The highest BCUT2D eigenvalue weighted by Crippen LogP contribution is 2.28. The summed E-state index contributed by atoms with van der Waals surface area (Å²) in [4.78, 5) is 14.8. The lowest BCUT2D eigenvalue weighted by molar-refractivity contribution is -0.115. The summed E-state index contributed by atoms with van der Waals surface area (Å²) in [6.45, 7) is 3.28. The van der Waals surface area contributed by atoms with Crippen LogP contribution in [0.5, 0.6) is 0 Å². The molecule has 0 aromatic heterocycles. The van der Waals surface area contributed by atoms with Crippen LogP contribution in [0.2, 0.25) is 0 Å². The highest BCUT2D eigenvalue weighted by molar-refractivity contribution is 9.26. The van der Waals surface area contributed by atoms with Crippen molar-refractivity contribution in [3.63, 3.8) is 0 Å². The second-order valence-electron chi connectivity index (χ2n) is 1.94. The molecule has 2 nitrogen and oxygen atoms in total. The Balaban J connectivity index is 4.56. The SMILES string of the molecule is CN=C(C)C(Br)(Br)C(C)=O. The molecule has 0 aliphatic heterocycles. The van der Waals surface area contributed by atoms with Gasteiger partial charge in [-0.1, -0.05) is 31.9 Å². The molecular formula is C6H9Br2NO. The van der Waals surface area contributed by atoms with Crippen LogP contribution in [0.3, 0.4) is 0 Å². The molecule has 10 heavy (non-hydrogen) atoms. The summed E-state index contributed by atoms with van der Waals surface area (Å²) in [7, 11) is 1.65. The van der Waals surface area contributed by atoms with Crippen LogP contribution in [0.1, 0.15) is 13.8 Å². The zero-order valence-electron chi connectivity index (χ0n) is 6.11. The van der Waals surface area contributed by atoms with Crippen LogP contribution in [0.25, 0.3) is 0 Å². The third-order valence-electron chi connectivity index (χ3n) is 1.23. The van der Waals surface area contributed by atoms with Gasteiger partial charge < -0.3 is 0 Å². The first-order chi connectivity index (χ1) is 4.42. The number of rotatable bonds is 2. The Hall–Kier alpha value is 0.300. The van der Waals surface area contributed by atoms with Gasteiger partial charge in [0.05, 0.1) is 0 Å². The van der Waals surface area contributed by atoms with Crippen LogP contribution in [-0.4, -0.2) is 21.8 Å². The van der Waals surface area contributed by atoms with Gasteiger partial charge in [0.1, 0.15) is 0 Å². The first-order valence-corrected chi connectivity index (χ1v) is 4.34. The Morgan fingerprint density at radius 1 is 1.40 bits per heavy atom. The highest BCUT2D eigenvalue weighted by Gasteiger charge is 2.31. The molecule has 0 rings (SSSR count). The van der Waals surface area contributed by atoms with Gasteiger partial charge >= 0.3 is 0 Å². The summed E-state index contributed by atoms with van der Waals surface area (Å²) in [6.07, 6.45) is 0. The van der Waals surface area contributed by atoms with E-state index in [-0.39, 0.29) is 5.78 Å². The van der Waals surface area contributed by atoms with Crippen LogP contribution in [0.4, 0.5) is 0 Å². The van der Waals surface area contributed by atoms with Gasteiger partial charge in [-0.2, -0.15) is 0 Å². The van der Waals surface area contributed by atoms with Crippen molar-refractivity contribution >= 4 is 43.4 Å². The number of ketones is 1. The van der Waals surface area contributed by atoms with Crippen molar-refractivity contribution in [2.75, 3.05) is 7.05 Å². The number of Topliss-reactive ketones (excluding diaryl/α,β-unsaturated/α-hetero) is 1. The molecule has 0 fully saturated rings. The number of halogens is 2. The maximum Gasteiger partial charge on any atom is 0.175 e. The molecule has 0 unspecified atom stereocenters. The lowest BCUT2D eigenvalue weighted by Gasteiger charge is -2.15. The molecule has 0 radical (unpaired) electrons. The van der Waals surface area contributed by atoms with Crippen molar-refractivity contribution in [3.8, 4) is 0 Å². The Morgan fingerprint density at radius 2 is 1.80 bits per heavy atom. The topological polar surface area (TPSA) is 29.4 Å². The number of carbonyl (C=O) groups excluding carboxylic acids is 1. The largest absolute Gasteiger partial charge is 0.297 e. The Morgan fingerprint density at radius 3 is 1.90 bits per heavy atom. The lowest BCUT2D eigenvalue weighted by atomic mass is 10.2. The maximum absolute atomic E-state index is 10.9. The Bertz CT molecular complexity index is 175. The van der Waals surface area contributed by atoms with E-state index in [2.05, 4.69) is 36.9 Å². The van der Waals surface area contributed by atoms with Crippen molar-refractivity contribution in [1.29, 1.82) is 0 Å². The van der Waals surface area contributed by atoms with Crippen LogP contribution in [0.15, 0.2) is 4.99 Å². The van der Waals surface area contributed by atoms with Crippen LogP contribution < -0.4 is 0 Å². The van der Waals surface area contributed by atoms with E-state index in [1.165, 1.54) is 6.92 Å². The summed E-state index contributed by atoms with van der Waals surface area (Å²) >= 11 is 6.42. The maximum atomic E-state index is 10.9. The molecular weight excluding hydrogens is 262 g/mol. The van der Waals surface area contributed by atoms with Gasteiger partial charge in [-0.15, -0.1) is 0 Å². The minimum absolute atomic E-state index is 0.00407. The first kappa shape index (κ1) is 10.3. The fraction of sp³-hybridized carbons (Fsp3) is 0.667. The zero-order valence-corrected chi connectivity index (χ0v) is 9.28. The van der Waals surface area contributed by atoms with Gasteiger partial charge in [0, 0.05) is 12.8 Å². The summed E-state index contributed by atoms with van der Waals surface area (Å²) in [5.74, 6) is -0.00407. The zero-order chi connectivity index (χ0) is 8.36. The highest BCUT2D eigenvalue weighted by atomic mass is 79.9. The molecule has 0 amide bonds. The van der Waals surface area contributed by atoms with Crippen molar-refractivity contribution in [2.45, 2.75) is 17.1 Å². The number of hydrogen-bond donors (Lipinski definition) is 0. The normalized spacial score (nSPS) is 13.5. The predicted octanol–water partition coefficient (Wildman–Crippen LogP) is 2.15. The van der Waals surface area contributed by atoms with Gasteiger partial charge in [-0.05, 0) is 13.8 Å². The number of aliphatic imine (C=N–C) groups is 1. The number of nitrogens with zero attached hydrogens (tertiary/aromatic N) is 1. The lowest BCUT2D eigenvalue weighted by Crippen LogP contribution is -2.30. The smallest absolute Gasteiger partial charge is 0.175 e. The molecule has 0 spiro atoms. The second-order valence-corrected chi connectivity index (χ2v) is 5.38. The van der Waals surface area contributed by atoms with Crippen molar-refractivity contribution in [1.82, 2.24) is 0 Å². The molecule has 0 saturated heterocycles. The predicted molar refractivity (Wildman–Crippen MR) is 50.3 cm³/mol. The van der Waals surface area contributed by atoms with E-state index >= 15 is 0 Å².